The second-order valence-electron chi connectivity index (χ2n) is 13.7. The summed E-state index contributed by atoms with van der Waals surface area (Å²) in [5, 5.41) is 2.12. The lowest BCUT2D eigenvalue weighted by Crippen LogP contribution is -1.97. The number of benzene rings is 6. The van der Waals surface area contributed by atoms with E-state index in [1.165, 1.54) is 0 Å². The lowest BCUT2D eigenvalue weighted by atomic mass is 9.94. The van der Waals surface area contributed by atoms with E-state index in [2.05, 4.69) is 138 Å². The van der Waals surface area contributed by atoms with E-state index in [4.69, 9.17) is 19.9 Å². The fourth-order valence-corrected chi connectivity index (χ4v) is 7.30. The van der Waals surface area contributed by atoms with Crippen LogP contribution >= 0.6 is 0 Å². The van der Waals surface area contributed by atoms with Gasteiger partial charge in [-0.05, 0) is 58.7 Å². The maximum absolute atomic E-state index is 5.29. The Labute approximate surface area is 324 Å². The Morgan fingerprint density at radius 1 is 0.286 bits per heavy atom. The lowest BCUT2D eigenvalue weighted by Gasteiger charge is -2.14. The molecule has 0 saturated heterocycles. The molecule has 0 aliphatic rings. The average Bonchev–Trinajstić information content (AvgIpc) is 3.29. The first-order chi connectivity index (χ1) is 27.7. The molecule has 6 aromatic carbocycles. The van der Waals surface area contributed by atoms with Crippen LogP contribution in [0.25, 0.3) is 101 Å². The SMILES string of the molecule is c1ccc(-c2cc(-c3ccc(-c4cccc(-c5cc(-c6ccccc6)nc6c5ccc5ccc(-c7ccccc7)nc56)c4)cc3)nc(-c3ccccn3)n2)cc1. The van der Waals surface area contributed by atoms with Crippen molar-refractivity contribution in [3.63, 3.8) is 0 Å². The van der Waals surface area contributed by atoms with Gasteiger partial charge in [0, 0.05) is 39.2 Å². The van der Waals surface area contributed by atoms with Crippen LogP contribution in [0.4, 0.5) is 0 Å². The quantitative estimate of drug-likeness (QED) is 0.154. The van der Waals surface area contributed by atoms with Gasteiger partial charge in [0.25, 0.3) is 0 Å². The summed E-state index contributed by atoms with van der Waals surface area (Å²) in [6, 6.07) is 66.9. The van der Waals surface area contributed by atoms with E-state index in [9.17, 15) is 0 Å². The van der Waals surface area contributed by atoms with Gasteiger partial charge in [0.15, 0.2) is 5.82 Å². The number of fused-ring (bicyclic) bond motifs is 3. The van der Waals surface area contributed by atoms with Crippen molar-refractivity contribution in [1.29, 1.82) is 0 Å². The molecule has 0 aliphatic heterocycles. The van der Waals surface area contributed by atoms with Gasteiger partial charge in [-0.1, -0.05) is 158 Å². The molecule has 10 aromatic rings. The Morgan fingerprint density at radius 3 is 1.48 bits per heavy atom. The van der Waals surface area contributed by atoms with E-state index < -0.39 is 0 Å². The smallest absolute Gasteiger partial charge is 0.179 e. The zero-order chi connectivity index (χ0) is 37.3. The Balaban J connectivity index is 1.07. The molecular weight excluding hydrogens is 683 g/mol. The van der Waals surface area contributed by atoms with Crippen molar-refractivity contribution in [2.24, 2.45) is 0 Å². The largest absolute Gasteiger partial charge is 0.253 e. The molecule has 0 aliphatic carbocycles. The molecule has 0 bridgehead atoms. The van der Waals surface area contributed by atoms with Crippen LogP contribution in [0.1, 0.15) is 0 Å². The highest BCUT2D eigenvalue weighted by Crippen LogP contribution is 2.38. The second kappa shape index (κ2) is 14.3. The van der Waals surface area contributed by atoms with Crippen LogP contribution in [0.2, 0.25) is 0 Å². The minimum absolute atomic E-state index is 0.595. The van der Waals surface area contributed by atoms with Crippen LogP contribution in [0.5, 0.6) is 0 Å². The minimum atomic E-state index is 0.595. The number of aromatic nitrogens is 5. The van der Waals surface area contributed by atoms with Crippen LogP contribution < -0.4 is 0 Å². The summed E-state index contributed by atoms with van der Waals surface area (Å²) >= 11 is 0. The molecule has 0 atom stereocenters. The third kappa shape index (κ3) is 6.37. The molecule has 0 spiro atoms. The fraction of sp³-hybridized carbons (Fsp3) is 0. The zero-order valence-electron chi connectivity index (χ0n) is 30.3. The van der Waals surface area contributed by atoms with Gasteiger partial charge in [0.2, 0.25) is 0 Å². The molecule has 0 saturated carbocycles. The third-order valence-corrected chi connectivity index (χ3v) is 10.2. The van der Waals surface area contributed by atoms with Crippen molar-refractivity contribution in [1.82, 2.24) is 24.9 Å². The number of nitrogens with zero attached hydrogens (tertiary/aromatic N) is 5. The Bertz CT molecular complexity index is 2930. The third-order valence-electron chi connectivity index (χ3n) is 10.2. The summed E-state index contributed by atoms with van der Waals surface area (Å²) in [6.45, 7) is 0. The van der Waals surface area contributed by atoms with Crippen molar-refractivity contribution in [2.45, 2.75) is 0 Å². The number of hydrogen-bond acceptors (Lipinski definition) is 5. The van der Waals surface area contributed by atoms with Crippen molar-refractivity contribution >= 4 is 21.8 Å². The normalized spacial score (nSPS) is 11.2. The first-order valence-electron chi connectivity index (χ1n) is 18.7. The van der Waals surface area contributed by atoms with E-state index in [1.807, 2.05) is 60.7 Å². The van der Waals surface area contributed by atoms with Gasteiger partial charge in [-0.25, -0.2) is 19.9 Å². The predicted octanol–water partition coefficient (Wildman–Crippen LogP) is 12.6. The van der Waals surface area contributed by atoms with Crippen molar-refractivity contribution in [2.75, 3.05) is 0 Å². The number of hydrogen-bond donors (Lipinski definition) is 0. The summed E-state index contributed by atoms with van der Waals surface area (Å²) in [5.74, 6) is 0.595. The van der Waals surface area contributed by atoms with Crippen LogP contribution in [0.15, 0.2) is 200 Å². The monoisotopic (exact) mass is 715 g/mol. The highest BCUT2D eigenvalue weighted by Gasteiger charge is 2.16. The maximum atomic E-state index is 5.29. The average molecular weight is 716 g/mol. The Hall–Kier alpha value is -7.63. The van der Waals surface area contributed by atoms with Crippen molar-refractivity contribution in [3.8, 4) is 78.8 Å². The summed E-state index contributed by atoms with van der Waals surface area (Å²) in [6.07, 6.45) is 1.77. The highest BCUT2D eigenvalue weighted by molar-refractivity contribution is 6.10. The summed E-state index contributed by atoms with van der Waals surface area (Å²) in [5.41, 5.74) is 14.7. The molecule has 56 heavy (non-hydrogen) atoms. The Kier molecular flexibility index (Phi) is 8.43. The first kappa shape index (κ1) is 33.0. The zero-order valence-corrected chi connectivity index (χ0v) is 30.3. The van der Waals surface area contributed by atoms with Crippen LogP contribution in [0.3, 0.4) is 0 Å². The van der Waals surface area contributed by atoms with Crippen LogP contribution in [-0.2, 0) is 0 Å². The van der Waals surface area contributed by atoms with Gasteiger partial charge in [-0.3, -0.25) is 4.98 Å². The molecule has 0 unspecified atom stereocenters. The minimum Gasteiger partial charge on any atom is -0.253 e. The van der Waals surface area contributed by atoms with Gasteiger partial charge >= 0.3 is 0 Å². The van der Waals surface area contributed by atoms with E-state index in [0.29, 0.717) is 5.82 Å². The molecule has 5 nitrogen and oxygen atoms in total. The second-order valence-corrected chi connectivity index (χ2v) is 13.7. The molecule has 0 amide bonds. The van der Waals surface area contributed by atoms with Crippen LogP contribution in [-0.4, -0.2) is 24.9 Å². The van der Waals surface area contributed by atoms with Crippen molar-refractivity contribution in [3.05, 3.63) is 200 Å². The fourth-order valence-electron chi connectivity index (χ4n) is 7.30. The highest BCUT2D eigenvalue weighted by atomic mass is 14.9. The van der Waals surface area contributed by atoms with E-state index >= 15 is 0 Å². The summed E-state index contributed by atoms with van der Waals surface area (Å²) < 4.78 is 0. The molecule has 0 fully saturated rings. The Morgan fingerprint density at radius 2 is 0.821 bits per heavy atom. The van der Waals surface area contributed by atoms with E-state index in [-0.39, 0.29) is 0 Å². The summed E-state index contributed by atoms with van der Waals surface area (Å²) in [7, 11) is 0. The molecule has 5 heteroatoms. The maximum Gasteiger partial charge on any atom is 0.179 e. The standard InChI is InChI=1S/C51H33N5/c1-4-13-35(14-5-1)44-29-27-39-26-28-42-43(32-46(36-15-6-2-7-16-36)54-50(42)49(39)53-44)41-20-12-19-40(31-41)34-22-24-38(25-23-34)48-33-47(37-17-8-3-9-18-37)55-51(56-48)45-21-10-11-30-52-45/h1-33H. The topological polar surface area (TPSA) is 64.5 Å². The molecule has 0 N–H and O–H groups in total. The first-order valence-corrected chi connectivity index (χ1v) is 18.7. The molecule has 0 radical (unpaired) electrons. The molecule has 4 aromatic heterocycles. The van der Waals surface area contributed by atoms with Gasteiger partial charge in [-0.2, -0.15) is 0 Å². The number of pyridine rings is 3. The van der Waals surface area contributed by atoms with Gasteiger partial charge in [0.05, 0.1) is 33.8 Å². The van der Waals surface area contributed by atoms with Gasteiger partial charge in [0.1, 0.15) is 5.69 Å². The summed E-state index contributed by atoms with van der Waals surface area (Å²) in [4.78, 5) is 24.9. The predicted molar refractivity (Wildman–Crippen MR) is 228 cm³/mol. The van der Waals surface area contributed by atoms with E-state index in [0.717, 1.165) is 94.8 Å². The molecule has 262 valence electrons. The number of rotatable bonds is 7. The van der Waals surface area contributed by atoms with Gasteiger partial charge < -0.3 is 0 Å². The van der Waals surface area contributed by atoms with E-state index in [1.54, 1.807) is 6.20 Å². The molecular formula is C51H33N5. The molecule has 10 rings (SSSR count). The lowest BCUT2D eigenvalue weighted by molar-refractivity contribution is 1.15. The van der Waals surface area contributed by atoms with Crippen molar-refractivity contribution < 1.29 is 0 Å². The van der Waals surface area contributed by atoms with Crippen LogP contribution in [0, 0.1) is 0 Å². The van der Waals surface area contributed by atoms with Gasteiger partial charge in [-0.15, -0.1) is 0 Å². The molecule has 4 heterocycles.